The molecule has 4 rings (SSSR count). The number of aryl methyl sites for hydroxylation is 1. The minimum Gasteiger partial charge on any atom is -0.358 e. The van der Waals surface area contributed by atoms with E-state index >= 15 is 0 Å². The highest BCUT2D eigenvalue weighted by molar-refractivity contribution is 5.90. The second-order valence-electron chi connectivity index (χ2n) is 7.22. The number of nitrogens with zero attached hydrogens (tertiary/aromatic N) is 3. The molecule has 3 aromatic rings. The first kappa shape index (κ1) is 19.3. The predicted molar refractivity (Wildman–Crippen MR) is 105 cm³/mol. The third kappa shape index (κ3) is 3.92. The highest BCUT2D eigenvalue weighted by Gasteiger charge is 2.31. The third-order valence-corrected chi connectivity index (χ3v) is 5.39. The van der Waals surface area contributed by atoms with Crippen LogP contribution < -0.4 is 4.90 Å². The first-order chi connectivity index (χ1) is 13.8. The van der Waals surface area contributed by atoms with Crippen LogP contribution in [-0.4, -0.2) is 47.0 Å². The van der Waals surface area contributed by atoms with E-state index in [0.717, 1.165) is 34.4 Å². The number of alkyl halides is 3. The van der Waals surface area contributed by atoms with Gasteiger partial charge in [0.05, 0.1) is 12.0 Å². The molecule has 1 fully saturated rings. The number of hydrogen-bond donors (Lipinski definition) is 1. The van der Waals surface area contributed by atoms with Crippen molar-refractivity contribution in [2.24, 2.45) is 0 Å². The Balaban J connectivity index is 1.39. The second kappa shape index (κ2) is 7.42. The standard InChI is InChI=1S/C21H21F3N4O/c1-14-17(16-4-2-3-5-18(16)26-14)12-20(29)28-10-8-27(9-11-28)19-7-6-15(13-25-19)21(22,23)24/h2-7,13,26H,8-12H2,1H3. The summed E-state index contributed by atoms with van der Waals surface area (Å²) in [7, 11) is 0. The SMILES string of the molecule is Cc1[nH]c2ccccc2c1CC(=O)N1CCN(c2ccc(C(F)(F)F)cn2)CC1. The van der Waals surface area contributed by atoms with Crippen molar-refractivity contribution in [3.8, 4) is 0 Å². The molecule has 0 bridgehead atoms. The molecule has 2 aromatic heterocycles. The van der Waals surface area contributed by atoms with E-state index in [4.69, 9.17) is 0 Å². The molecule has 152 valence electrons. The lowest BCUT2D eigenvalue weighted by molar-refractivity contribution is -0.137. The molecule has 0 aliphatic carbocycles. The molecule has 0 unspecified atom stereocenters. The van der Waals surface area contributed by atoms with E-state index in [1.54, 1.807) is 0 Å². The van der Waals surface area contributed by atoms with Crippen LogP contribution in [-0.2, 0) is 17.4 Å². The summed E-state index contributed by atoms with van der Waals surface area (Å²) in [6.07, 6.45) is -3.21. The molecule has 1 aromatic carbocycles. The number of hydrogen-bond acceptors (Lipinski definition) is 3. The molecule has 1 amide bonds. The van der Waals surface area contributed by atoms with Gasteiger partial charge in [-0.3, -0.25) is 4.79 Å². The highest BCUT2D eigenvalue weighted by atomic mass is 19.4. The molecule has 1 N–H and O–H groups in total. The van der Waals surface area contributed by atoms with Crippen LogP contribution in [0.1, 0.15) is 16.8 Å². The predicted octanol–water partition coefficient (Wildman–Crippen LogP) is 3.78. The lowest BCUT2D eigenvalue weighted by Crippen LogP contribution is -2.49. The highest BCUT2D eigenvalue weighted by Crippen LogP contribution is 2.29. The van der Waals surface area contributed by atoms with Gasteiger partial charge in [-0.2, -0.15) is 13.2 Å². The topological polar surface area (TPSA) is 52.2 Å². The van der Waals surface area contributed by atoms with Crippen LogP contribution in [0.3, 0.4) is 0 Å². The van der Waals surface area contributed by atoms with Crippen molar-refractivity contribution >= 4 is 22.6 Å². The zero-order valence-electron chi connectivity index (χ0n) is 16.0. The number of H-pyrrole nitrogens is 1. The maximum absolute atomic E-state index is 12.8. The molecule has 3 heterocycles. The number of amides is 1. The fraction of sp³-hybridized carbons (Fsp3) is 0.333. The maximum Gasteiger partial charge on any atom is 0.417 e. The fourth-order valence-electron chi connectivity index (χ4n) is 3.75. The van der Waals surface area contributed by atoms with E-state index in [1.807, 2.05) is 41.0 Å². The molecule has 29 heavy (non-hydrogen) atoms. The third-order valence-electron chi connectivity index (χ3n) is 5.39. The molecule has 0 radical (unpaired) electrons. The van der Waals surface area contributed by atoms with Gasteiger partial charge in [-0.15, -0.1) is 0 Å². The first-order valence-electron chi connectivity index (χ1n) is 9.45. The minimum atomic E-state index is -4.39. The van der Waals surface area contributed by atoms with Crippen LogP contribution in [0.25, 0.3) is 10.9 Å². The van der Waals surface area contributed by atoms with Gasteiger partial charge in [-0.1, -0.05) is 18.2 Å². The minimum absolute atomic E-state index is 0.0536. The summed E-state index contributed by atoms with van der Waals surface area (Å²) >= 11 is 0. The molecule has 0 atom stereocenters. The summed E-state index contributed by atoms with van der Waals surface area (Å²) in [4.78, 5) is 23.8. The van der Waals surface area contributed by atoms with Gasteiger partial charge in [0.1, 0.15) is 5.82 Å². The fourth-order valence-corrected chi connectivity index (χ4v) is 3.75. The van der Waals surface area contributed by atoms with E-state index in [-0.39, 0.29) is 5.91 Å². The quantitative estimate of drug-likeness (QED) is 0.726. The van der Waals surface area contributed by atoms with Gasteiger partial charge in [-0.05, 0) is 30.7 Å². The van der Waals surface area contributed by atoms with Crippen molar-refractivity contribution in [1.29, 1.82) is 0 Å². The van der Waals surface area contributed by atoms with Gasteiger partial charge >= 0.3 is 6.18 Å². The Hall–Kier alpha value is -3.03. The number of benzene rings is 1. The van der Waals surface area contributed by atoms with E-state index in [1.165, 1.54) is 6.07 Å². The van der Waals surface area contributed by atoms with Crippen LogP contribution in [0.5, 0.6) is 0 Å². The average molecular weight is 402 g/mol. The zero-order valence-corrected chi connectivity index (χ0v) is 16.0. The van der Waals surface area contributed by atoms with Crippen LogP contribution >= 0.6 is 0 Å². The van der Waals surface area contributed by atoms with Gasteiger partial charge < -0.3 is 14.8 Å². The summed E-state index contributed by atoms with van der Waals surface area (Å²) in [6, 6.07) is 10.3. The van der Waals surface area contributed by atoms with E-state index in [0.29, 0.717) is 38.4 Å². The monoisotopic (exact) mass is 402 g/mol. The van der Waals surface area contributed by atoms with Crippen molar-refractivity contribution in [1.82, 2.24) is 14.9 Å². The number of carbonyl (C=O) groups excluding carboxylic acids is 1. The maximum atomic E-state index is 12.8. The van der Waals surface area contributed by atoms with Crippen LogP contribution in [0.2, 0.25) is 0 Å². The summed E-state index contributed by atoms with van der Waals surface area (Å²) < 4.78 is 38.0. The molecule has 1 aliphatic heterocycles. The van der Waals surface area contributed by atoms with E-state index in [9.17, 15) is 18.0 Å². The summed E-state index contributed by atoms with van der Waals surface area (Å²) in [5, 5.41) is 1.06. The Bertz CT molecular complexity index is 1020. The van der Waals surface area contributed by atoms with Crippen LogP contribution in [0.4, 0.5) is 19.0 Å². The Morgan fingerprint density at radius 3 is 2.48 bits per heavy atom. The molecule has 1 saturated heterocycles. The molecule has 0 spiro atoms. The van der Waals surface area contributed by atoms with E-state index < -0.39 is 11.7 Å². The number of fused-ring (bicyclic) bond motifs is 1. The van der Waals surface area contributed by atoms with E-state index in [2.05, 4.69) is 9.97 Å². The number of rotatable bonds is 3. The number of halogens is 3. The molecular formula is C21H21F3N4O. The molecular weight excluding hydrogens is 381 g/mol. The molecule has 5 nitrogen and oxygen atoms in total. The van der Waals surface area contributed by atoms with Crippen LogP contribution in [0, 0.1) is 6.92 Å². The van der Waals surface area contributed by atoms with Gasteiger partial charge in [0.15, 0.2) is 0 Å². The lowest BCUT2D eigenvalue weighted by atomic mass is 10.1. The number of pyridine rings is 1. The number of aromatic nitrogens is 2. The summed E-state index contributed by atoms with van der Waals surface area (Å²) in [6.45, 7) is 4.08. The zero-order chi connectivity index (χ0) is 20.6. The van der Waals surface area contributed by atoms with Crippen molar-refractivity contribution in [2.45, 2.75) is 19.5 Å². The smallest absolute Gasteiger partial charge is 0.358 e. The molecule has 0 saturated carbocycles. The largest absolute Gasteiger partial charge is 0.417 e. The number of anilines is 1. The normalized spacial score (nSPS) is 15.2. The number of aromatic amines is 1. The number of piperazine rings is 1. The van der Waals surface area contributed by atoms with Crippen molar-refractivity contribution in [3.63, 3.8) is 0 Å². The molecule has 8 heteroatoms. The van der Waals surface area contributed by atoms with Gasteiger partial charge in [0, 0.05) is 49.0 Å². The van der Waals surface area contributed by atoms with Gasteiger partial charge in [0.25, 0.3) is 0 Å². The second-order valence-corrected chi connectivity index (χ2v) is 7.22. The summed E-state index contributed by atoms with van der Waals surface area (Å²) in [5.74, 6) is 0.551. The Morgan fingerprint density at radius 1 is 1.10 bits per heavy atom. The van der Waals surface area contributed by atoms with Crippen LogP contribution in [0.15, 0.2) is 42.6 Å². The number of carbonyl (C=O) groups is 1. The Kier molecular flexibility index (Phi) is 4.94. The van der Waals surface area contributed by atoms with Crippen molar-refractivity contribution in [3.05, 3.63) is 59.4 Å². The lowest BCUT2D eigenvalue weighted by Gasteiger charge is -2.35. The van der Waals surface area contributed by atoms with Crippen molar-refractivity contribution in [2.75, 3.05) is 31.1 Å². The van der Waals surface area contributed by atoms with Gasteiger partial charge in [0.2, 0.25) is 5.91 Å². The Labute approximate surface area is 166 Å². The summed E-state index contributed by atoms with van der Waals surface area (Å²) in [5.41, 5.74) is 2.26. The van der Waals surface area contributed by atoms with Gasteiger partial charge in [-0.25, -0.2) is 4.98 Å². The first-order valence-corrected chi connectivity index (χ1v) is 9.45. The Morgan fingerprint density at radius 2 is 1.83 bits per heavy atom. The van der Waals surface area contributed by atoms with Crippen molar-refractivity contribution < 1.29 is 18.0 Å². The number of para-hydroxylation sites is 1. The average Bonchev–Trinajstić information content (AvgIpc) is 3.03. The molecule has 1 aliphatic rings. The number of nitrogens with one attached hydrogen (secondary N) is 1.